The topological polar surface area (TPSA) is 87.1 Å². The van der Waals surface area contributed by atoms with Crippen LogP contribution in [-0.2, 0) is 9.53 Å². The molecule has 0 aromatic rings. The number of β-amino-alcohol motifs (C(OH)–C–C–N with tert-alkyl or cyclic N) is 1. The summed E-state index contributed by atoms with van der Waals surface area (Å²) in [5.74, 6) is -1.12. The number of hydrogen-bond acceptors (Lipinski definition) is 4. The van der Waals surface area contributed by atoms with Gasteiger partial charge in [-0.2, -0.15) is 0 Å². The first-order chi connectivity index (χ1) is 8.56. The molecule has 2 N–H and O–H groups in total. The van der Waals surface area contributed by atoms with Crippen molar-refractivity contribution >= 4 is 20.1 Å². The summed E-state index contributed by atoms with van der Waals surface area (Å²) in [6.45, 7) is 8.25. The fourth-order valence-corrected chi connectivity index (χ4v) is 2.76. The van der Waals surface area contributed by atoms with Crippen LogP contribution in [0.4, 0.5) is 4.79 Å². The Kier molecular flexibility index (Phi) is 4.62. The monoisotopic (exact) mass is 289 g/mol. The number of carbonyl (C=O) groups is 2. The van der Waals surface area contributed by atoms with Gasteiger partial charge in [0.25, 0.3) is 0 Å². The average molecular weight is 289 g/mol. The number of carbonyl (C=O) groups excluding carboxylic acids is 1. The number of rotatable bonds is 4. The second-order valence-electron chi connectivity index (χ2n) is 6.47. The third-order valence-electron chi connectivity index (χ3n) is 3.38. The van der Waals surface area contributed by atoms with Gasteiger partial charge in [0.05, 0.1) is 19.3 Å². The largest absolute Gasteiger partial charge is 0.480 e. The molecule has 0 aromatic heterocycles. The summed E-state index contributed by atoms with van der Waals surface area (Å²) < 4.78 is 5.14. The van der Waals surface area contributed by atoms with Gasteiger partial charge in [0.1, 0.15) is 5.54 Å². The minimum absolute atomic E-state index is 0.00851. The van der Waals surface area contributed by atoms with Crippen LogP contribution in [0.1, 0.15) is 13.3 Å². The Morgan fingerprint density at radius 1 is 1.42 bits per heavy atom. The Labute approximate surface area is 114 Å². The first-order valence-corrected chi connectivity index (χ1v) is 10.1. The lowest BCUT2D eigenvalue weighted by atomic mass is 9.99. The summed E-state index contributed by atoms with van der Waals surface area (Å²) in [4.78, 5) is 24.3. The van der Waals surface area contributed by atoms with Crippen molar-refractivity contribution in [3.8, 4) is 0 Å². The zero-order valence-electron chi connectivity index (χ0n) is 12.0. The van der Waals surface area contributed by atoms with Crippen LogP contribution in [0.15, 0.2) is 0 Å². The van der Waals surface area contributed by atoms with Crippen LogP contribution in [0.2, 0.25) is 25.7 Å². The minimum atomic E-state index is -1.38. The molecule has 1 rings (SSSR count). The zero-order chi connectivity index (χ0) is 14.8. The first kappa shape index (κ1) is 16.0. The number of aliphatic carboxylic acids is 1. The number of likely N-dealkylation sites (tertiary alicyclic amines) is 1. The predicted octanol–water partition coefficient (Wildman–Crippen LogP) is 1.37. The van der Waals surface area contributed by atoms with Gasteiger partial charge in [-0.3, -0.25) is 4.90 Å². The van der Waals surface area contributed by atoms with Gasteiger partial charge >= 0.3 is 12.1 Å². The Hall–Kier alpha value is -1.08. The third kappa shape index (κ3) is 3.94. The van der Waals surface area contributed by atoms with Crippen LogP contribution >= 0.6 is 0 Å². The lowest BCUT2D eigenvalue weighted by molar-refractivity contribution is -0.147. The smallest absolute Gasteiger partial charge is 0.410 e. The second kappa shape index (κ2) is 5.50. The van der Waals surface area contributed by atoms with Gasteiger partial charge in [-0.1, -0.05) is 19.6 Å². The second-order valence-corrected chi connectivity index (χ2v) is 12.1. The molecule has 2 atom stereocenters. The predicted molar refractivity (Wildman–Crippen MR) is 72.9 cm³/mol. The number of aliphatic hydroxyl groups excluding tert-OH is 1. The number of amides is 1. The van der Waals surface area contributed by atoms with Crippen LogP contribution in [0.3, 0.4) is 0 Å². The summed E-state index contributed by atoms with van der Waals surface area (Å²) in [7, 11) is -1.30. The quantitative estimate of drug-likeness (QED) is 0.763. The van der Waals surface area contributed by atoms with E-state index >= 15 is 0 Å². The molecule has 0 unspecified atom stereocenters. The molecule has 7 heteroatoms. The van der Waals surface area contributed by atoms with E-state index in [0.29, 0.717) is 6.61 Å². The van der Waals surface area contributed by atoms with E-state index in [1.165, 1.54) is 6.92 Å². The van der Waals surface area contributed by atoms with E-state index in [4.69, 9.17) is 4.74 Å². The molecule has 1 aliphatic heterocycles. The van der Waals surface area contributed by atoms with Gasteiger partial charge in [0.15, 0.2) is 0 Å². The van der Waals surface area contributed by atoms with E-state index < -0.39 is 31.8 Å². The van der Waals surface area contributed by atoms with Crippen molar-refractivity contribution in [2.45, 2.75) is 50.7 Å². The van der Waals surface area contributed by atoms with E-state index in [2.05, 4.69) is 19.6 Å². The summed E-state index contributed by atoms with van der Waals surface area (Å²) >= 11 is 0. The summed E-state index contributed by atoms with van der Waals surface area (Å²) in [5, 5.41) is 18.8. The summed E-state index contributed by atoms with van der Waals surface area (Å²) in [6.07, 6.45) is -1.43. The van der Waals surface area contributed by atoms with E-state index in [9.17, 15) is 19.8 Å². The molecule has 0 bridgehead atoms. The van der Waals surface area contributed by atoms with Crippen molar-refractivity contribution in [2.75, 3.05) is 13.2 Å². The minimum Gasteiger partial charge on any atom is -0.480 e. The average Bonchev–Trinajstić information content (AvgIpc) is 2.53. The highest BCUT2D eigenvalue weighted by atomic mass is 28.3. The van der Waals surface area contributed by atoms with E-state index in [1.807, 2.05) is 0 Å². The molecular weight excluding hydrogens is 266 g/mol. The molecule has 0 radical (unpaired) electrons. The molecule has 1 heterocycles. The molecule has 1 fully saturated rings. The SMILES string of the molecule is C[C@@]1(C(=O)O)C[C@@H](O)CN1C(=O)OCC[Si](C)(C)C. The van der Waals surface area contributed by atoms with Crippen LogP contribution in [0.5, 0.6) is 0 Å². The number of carboxylic acids is 1. The molecule has 0 spiro atoms. The highest BCUT2D eigenvalue weighted by Gasteiger charge is 2.50. The Morgan fingerprint density at radius 3 is 2.47 bits per heavy atom. The number of nitrogens with zero attached hydrogens (tertiary/aromatic N) is 1. The van der Waals surface area contributed by atoms with Crippen LogP contribution in [0.25, 0.3) is 0 Å². The molecule has 0 aromatic carbocycles. The third-order valence-corrected chi connectivity index (χ3v) is 5.09. The van der Waals surface area contributed by atoms with Crippen LogP contribution in [0, 0.1) is 0 Å². The molecule has 1 saturated heterocycles. The number of carboxylic acid groups (broad SMARTS) is 1. The van der Waals surface area contributed by atoms with Crippen molar-refractivity contribution in [3.05, 3.63) is 0 Å². The van der Waals surface area contributed by atoms with Gasteiger partial charge in [0, 0.05) is 14.5 Å². The maximum absolute atomic E-state index is 11.9. The van der Waals surface area contributed by atoms with Gasteiger partial charge in [-0.15, -0.1) is 0 Å². The van der Waals surface area contributed by atoms with Gasteiger partial charge in [0.2, 0.25) is 0 Å². The Morgan fingerprint density at radius 2 is 2.00 bits per heavy atom. The van der Waals surface area contributed by atoms with Crippen molar-refractivity contribution in [3.63, 3.8) is 0 Å². The molecule has 1 amide bonds. The van der Waals surface area contributed by atoms with Crippen molar-refractivity contribution in [1.82, 2.24) is 4.90 Å². The van der Waals surface area contributed by atoms with Gasteiger partial charge < -0.3 is 14.9 Å². The van der Waals surface area contributed by atoms with E-state index in [0.717, 1.165) is 10.9 Å². The highest BCUT2D eigenvalue weighted by Crippen LogP contribution is 2.30. The number of ether oxygens (including phenoxy) is 1. The lowest BCUT2D eigenvalue weighted by Crippen LogP contribution is -2.51. The summed E-state index contributed by atoms with van der Waals surface area (Å²) in [5.41, 5.74) is -1.38. The summed E-state index contributed by atoms with van der Waals surface area (Å²) in [6, 6.07) is 0.832. The van der Waals surface area contributed by atoms with E-state index in [1.54, 1.807) is 0 Å². The molecule has 110 valence electrons. The van der Waals surface area contributed by atoms with Gasteiger partial charge in [-0.05, 0) is 13.0 Å². The molecular formula is C12H23NO5Si. The maximum atomic E-state index is 11.9. The standard InChI is InChI=1S/C12H23NO5Si/c1-12(10(15)16)7-9(14)8-13(12)11(17)18-5-6-19(2,3)4/h9,14H,5-8H2,1-4H3,(H,15,16)/t9-,12+/m1/s1. The van der Waals surface area contributed by atoms with Crippen LogP contribution < -0.4 is 0 Å². The number of aliphatic hydroxyl groups is 1. The Balaban J connectivity index is 2.63. The normalized spacial score (nSPS) is 27.4. The fraction of sp³-hybridized carbons (Fsp3) is 0.833. The van der Waals surface area contributed by atoms with Crippen molar-refractivity contribution < 1.29 is 24.5 Å². The van der Waals surface area contributed by atoms with Crippen molar-refractivity contribution in [2.24, 2.45) is 0 Å². The Bertz CT molecular complexity index is 368. The molecule has 1 aliphatic rings. The van der Waals surface area contributed by atoms with Crippen molar-refractivity contribution in [1.29, 1.82) is 0 Å². The number of hydrogen-bond donors (Lipinski definition) is 2. The van der Waals surface area contributed by atoms with Crippen LogP contribution in [-0.4, -0.2) is 60.0 Å². The fourth-order valence-electron chi connectivity index (χ4n) is 2.05. The zero-order valence-corrected chi connectivity index (χ0v) is 13.0. The lowest BCUT2D eigenvalue weighted by Gasteiger charge is -2.30. The molecule has 6 nitrogen and oxygen atoms in total. The molecule has 0 aliphatic carbocycles. The highest BCUT2D eigenvalue weighted by molar-refractivity contribution is 6.76. The van der Waals surface area contributed by atoms with Gasteiger partial charge in [-0.25, -0.2) is 9.59 Å². The first-order valence-electron chi connectivity index (χ1n) is 6.42. The van der Waals surface area contributed by atoms with E-state index in [-0.39, 0.29) is 13.0 Å². The molecule has 19 heavy (non-hydrogen) atoms. The molecule has 0 saturated carbocycles. The maximum Gasteiger partial charge on any atom is 0.410 e.